The van der Waals surface area contributed by atoms with Gasteiger partial charge < -0.3 is 24.2 Å². The fraction of sp³-hybridized carbons (Fsp3) is 0.462. The van der Waals surface area contributed by atoms with Gasteiger partial charge in [0, 0.05) is 19.6 Å². The molecule has 0 aromatic heterocycles. The molecule has 0 saturated heterocycles. The van der Waals surface area contributed by atoms with Crippen LogP contribution in [0.15, 0.2) is 48.5 Å². The first-order valence-electron chi connectivity index (χ1n) is 11.4. The van der Waals surface area contributed by atoms with Crippen LogP contribution in [-0.4, -0.2) is 54.5 Å². The number of nitrogens with zero attached hydrogens (tertiary/aromatic N) is 1. The van der Waals surface area contributed by atoms with Crippen molar-refractivity contribution in [2.45, 2.75) is 46.6 Å². The predicted octanol–water partition coefficient (Wildman–Crippen LogP) is 5.17. The van der Waals surface area contributed by atoms with Crippen molar-refractivity contribution in [3.05, 3.63) is 59.9 Å². The monoisotopic (exact) mass is 475 g/mol. The van der Waals surface area contributed by atoms with Gasteiger partial charge in [0.25, 0.3) is 0 Å². The van der Waals surface area contributed by atoms with Crippen molar-refractivity contribution in [3.8, 4) is 11.5 Å². The summed E-state index contributed by atoms with van der Waals surface area (Å²) in [5.74, 6) is -1.13. The van der Waals surface area contributed by atoms with Crippen molar-refractivity contribution in [1.82, 2.24) is 4.90 Å². The van der Waals surface area contributed by atoms with Gasteiger partial charge >= 0.3 is 12.1 Å². The van der Waals surface area contributed by atoms with Crippen molar-refractivity contribution in [2.75, 3.05) is 26.3 Å². The van der Waals surface area contributed by atoms with Gasteiger partial charge in [-0.1, -0.05) is 45.0 Å². The summed E-state index contributed by atoms with van der Waals surface area (Å²) in [6.45, 7) is 9.22. The molecule has 2 rings (SSSR count). The van der Waals surface area contributed by atoms with E-state index in [4.69, 9.17) is 14.2 Å². The van der Waals surface area contributed by atoms with E-state index in [9.17, 15) is 19.1 Å². The van der Waals surface area contributed by atoms with Gasteiger partial charge in [0.05, 0.1) is 6.54 Å². The van der Waals surface area contributed by atoms with Gasteiger partial charge in [-0.2, -0.15) is 0 Å². The maximum Gasteiger partial charge on any atom is 0.415 e. The minimum Gasteiger partial charge on any atom is -0.492 e. The van der Waals surface area contributed by atoms with Crippen LogP contribution in [0.2, 0.25) is 0 Å². The van der Waals surface area contributed by atoms with Gasteiger partial charge in [-0.3, -0.25) is 0 Å². The number of halogens is 1. The average Bonchev–Trinajstić information content (AvgIpc) is 2.77. The molecule has 7 nitrogen and oxygen atoms in total. The topological polar surface area (TPSA) is 85.3 Å². The zero-order chi connectivity index (χ0) is 25.1. The summed E-state index contributed by atoms with van der Waals surface area (Å²) in [5, 5.41) is 9.22. The normalized spacial score (nSPS) is 12.1. The van der Waals surface area contributed by atoms with Crippen LogP contribution in [0.5, 0.6) is 11.5 Å². The number of carbonyl (C=O) groups is 2. The maximum absolute atomic E-state index is 13.9. The largest absolute Gasteiger partial charge is 0.492 e. The second-order valence-electron chi connectivity index (χ2n) is 9.07. The number of aliphatic carboxylic acids is 1. The predicted molar refractivity (Wildman–Crippen MR) is 127 cm³/mol. The van der Waals surface area contributed by atoms with E-state index in [-0.39, 0.29) is 30.7 Å². The maximum atomic E-state index is 13.9. The molecular formula is C26H34FNO6. The van der Waals surface area contributed by atoms with E-state index in [0.717, 1.165) is 12.0 Å². The zero-order valence-electron chi connectivity index (χ0n) is 20.3. The third kappa shape index (κ3) is 9.39. The first kappa shape index (κ1) is 27.1. The van der Waals surface area contributed by atoms with E-state index in [1.165, 1.54) is 23.1 Å². The van der Waals surface area contributed by atoms with Crippen LogP contribution in [0.4, 0.5) is 9.18 Å². The lowest BCUT2D eigenvalue weighted by Gasteiger charge is -2.26. The summed E-state index contributed by atoms with van der Waals surface area (Å²) in [6.07, 6.45) is -0.539. The fourth-order valence-corrected chi connectivity index (χ4v) is 3.08. The molecule has 0 heterocycles. The third-order valence-corrected chi connectivity index (χ3v) is 5.04. The van der Waals surface area contributed by atoms with Crippen molar-refractivity contribution >= 4 is 12.1 Å². The van der Waals surface area contributed by atoms with Gasteiger partial charge in [0.2, 0.25) is 0 Å². The molecular weight excluding hydrogens is 441 g/mol. The van der Waals surface area contributed by atoms with Crippen LogP contribution in [0.1, 0.15) is 39.7 Å². The fourth-order valence-electron chi connectivity index (χ4n) is 3.08. The SMILES string of the molecule is CCOC(Cc1ccc(OCCN(CCC(C)(C)C)C(=O)Oc2ccccc2F)cc1)C(=O)O. The first-order valence-corrected chi connectivity index (χ1v) is 11.4. The van der Waals surface area contributed by atoms with Crippen LogP contribution in [-0.2, 0) is 16.0 Å². The zero-order valence-corrected chi connectivity index (χ0v) is 20.3. The van der Waals surface area contributed by atoms with Crippen molar-refractivity contribution in [3.63, 3.8) is 0 Å². The number of ether oxygens (including phenoxy) is 3. The molecule has 8 heteroatoms. The van der Waals surface area contributed by atoms with Crippen LogP contribution >= 0.6 is 0 Å². The van der Waals surface area contributed by atoms with E-state index < -0.39 is 24.0 Å². The van der Waals surface area contributed by atoms with Crippen LogP contribution in [0, 0.1) is 11.2 Å². The second kappa shape index (κ2) is 12.9. The van der Waals surface area contributed by atoms with E-state index >= 15 is 0 Å². The third-order valence-electron chi connectivity index (χ3n) is 5.04. The number of amides is 1. The van der Waals surface area contributed by atoms with Crippen molar-refractivity contribution in [2.24, 2.45) is 5.41 Å². The molecule has 0 saturated carbocycles. The van der Waals surface area contributed by atoms with E-state index in [2.05, 4.69) is 20.8 Å². The Morgan fingerprint density at radius 2 is 1.74 bits per heavy atom. The van der Waals surface area contributed by atoms with Gasteiger partial charge in [-0.15, -0.1) is 0 Å². The van der Waals surface area contributed by atoms with Crippen LogP contribution in [0.3, 0.4) is 0 Å². The Bertz CT molecular complexity index is 926. The number of carbonyl (C=O) groups excluding carboxylic acids is 1. The molecule has 1 unspecified atom stereocenters. The Kier molecular flexibility index (Phi) is 10.3. The number of carboxylic acid groups (broad SMARTS) is 1. The van der Waals surface area contributed by atoms with Gasteiger partial charge in [-0.25, -0.2) is 14.0 Å². The number of para-hydroxylation sites is 1. The van der Waals surface area contributed by atoms with Crippen LogP contribution < -0.4 is 9.47 Å². The summed E-state index contributed by atoms with van der Waals surface area (Å²) in [4.78, 5) is 25.5. The molecule has 0 aliphatic heterocycles. The number of rotatable bonds is 12. The van der Waals surface area contributed by atoms with E-state index in [1.54, 1.807) is 37.3 Å². The molecule has 0 radical (unpaired) electrons. The standard InChI is InChI=1S/C26H34FNO6/c1-5-32-23(24(29)30)18-19-10-12-20(13-11-19)33-17-16-28(15-14-26(2,3)4)25(31)34-22-9-7-6-8-21(22)27/h6-13,23H,5,14-18H2,1-4H3,(H,29,30). The van der Waals surface area contributed by atoms with Crippen molar-refractivity contribution < 1.29 is 33.3 Å². The lowest BCUT2D eigenvalue weighted by Crippen LogP contribution is -2.38. The minimum atomic E-state index is -1.00. The molecule has 0 spiro atoms. The number of hydrogen-bond acceptors (Lipinski definition) is 5. The lowest BCUT2D eigenvalue weighted by atomic mass is 9.92. The molecule has 1 atom stereocenters. The molecule has 0 fully saturated rings. The summed E-state index contributed by atoms with van der Waals surface area (Å²) < 4.78 is 30.2. The first-order chi connectivity index (χ1) is 16.1. The highest BCUT2D eigenvalue weighted by molar-refractivity contribution is 5.72. The molecule has 2 aromatic carbocycles. The molecule has 1 amide bonds. The highest BCUT2D eigenvalue weighted by Gasteiger charge is 2.21. The second-order valence-corrected chi connectivity index (χ2v) is 9.07. The quantitative estimate of drug-likeness (QED) is 0.456. The molecule has 1 N–H and O–H groups in total. The molecule has 186 valence electrons. The molecule has 0 aliphatic rings. The Labute approximate surface area is 200 Å². The van der Waals surface area contributed by atoms with E-state index in [0.29, 0.717) is 18.9 Å². The van der Waals surface area contributed by atoms with Gasteiger partial charge in [0.15, 0.2) is 17.7 Å². The molecule has 34 heavy (non-hydrogen) atoms. The Hall–Kier alpha value is -3.13. The Morgan fingerprint density at radius 1 is 1.06 bits per heavy atom. The molecule has 0 bridgehead atoms. The summed E-state index contributed by atoms with van der Waals surface area (Å²) in [5.41, 5.74) is 0.816. The minimum absolute atomic E-state index is 0.00250. The van der Waals surface area contributed by atoms with E-state index in [1.807, 2.05) is 0 Å². The number of hydrogen-bond donors (Lipinski definition) is 1. The highest BCUT2D eigenvalue weighted by atomic mass is 19.1. The average molecular weight is 476 g/mol. The Morgan fingerprint density at radius 3 is 2.32 bits per heavy atom. The van der Waals surface area contributed by atoms with Crippen LogP contribution in [0.25, 0.3) is 0 Å². The highest BCUT2D eigenvalue weighted by Crippen LogP contribution is 2.21. The summed E-state index contributed by atoms with van der Waals surface area (Å²) >= 11 is 0. The lowest BCUT2D eigenvalue weighted by molar-refractivity contribution is -0.149. The molecule has 0 aliphatic carbocycles. The number of carboxylic acids is 1. The summed E-state index contributed by atoms with van der Waals surface area (Å²) in [6, 6.07) is 12.8. The number of benzene rings is 2. The van der Waals surface area contributed by atoms with Gasteiger partial charge in [0.1, 0.15) is 12.4 Å². The van der Waals surface area contributed by atoms with Crippen molar-refractivity contribution in [1.29, 1.82) is 0 Å². The van der Waals surface area contributed by atoms with Gasteiger partial charge in [-0.05, 0) is 48.6 Å². The summed E-state index contributed by atoms with van der Waals surface area (Å²) in [7, 11) is 0. The smallest absolute Gasteiger partial charge is 0.415 e. The Balaban J connectivity index is 1.95. The molecule has 2 aromatic rings.